The van der Waals surface area contributed by atoms with Crippen LogP contribution in [0.4, 0.5) is 0 Å². The quantitative estimate of drug-likeness (QED) is 0.476. The molecule has 1 atom stereocenters. The van der Waals surface area contributed by atoms with Crippen LogP contribution in [0.2, 0.25) is 0 Å². The lowest BCUT2D eigenvalue weighted by molar-refractivity contribution is 0.127. The lowest BCUT2D eigenvalue weighted by Gasteiger charge is -2.37. The summed E-state index contributed by atoms with van der Waals surface area (Å²) in [7, 11) is 0. The van der Waals surface area contributed by atoms with Crippen molar-refractivity contribution < 1.29 is 4.52 Å². The Morgan fingerprint density at radius 3 is 2.08 bits per heavy atom. The smallest absolute Gasteiger partial charge is 0.100 e. The van der Waals surface area contributed by atoms with E-state index in [9.17, 15) is 0 Å². The van der Waals surface area contributed by atoms with Gasteiger partial charge in [0.25, 0.3) is 0 Å². The maximum Gasteiger partial charge on any atom is 0.100 e. The number of piperidine rings is 1. The van der Waals surface area contributed by atoms with Gasteiger partial charge in [-0.15, -0.1) is 0 Å². The maximum atomic E-state index is 6.76. The molecule has 24 heavy (non-hydrogen) atoms. The number of rotatable bonds is 7. The van der Waals surface area contributed by atoms with Gasteiger partial charge in [-0.3, -0.25) is 0 Å². The van der Waals surface area contributed by atoms with Crippen molar-refractivity contribution in [2.24, 2.45) is 0 Å². The van der Waals surface area contributed by atoms with E-state index in [-0.39, 0.29) is 6.10 Å². The summed E-state index contributed by atoms with van der Waals surface area (Å²) in [6.07, 6.45) is 2.17. The Morgan fingerprint density at radius 2 is 1.58 bits per heavy atom. The fourth-order valence-electron chi connectivity index (χ4n) is 3.29. The molecule has 2 rings (SSSR count). The van der Waals surface area contributed by atoms with E-state index in [0.29, 0.717) is 11.3 Å². The minimum Gasteiger partial charge on any atom is -0.341 e. The number of hydrogen-bond donors (Lipinski definition) is 0. The first-order chi connectivity index (χ1) is 11.3. The Hall–Kier alpha value is 0.270. The number of hydrogen-bond acceptors (Lipinski definition) is 3. The fourth-order valence-corrected chi connectivity index (χ4v) is 6.13. The van der Waals surface area contributed by atoms with Crippen molar-refractivity contribution in [1.29, 1.82) is 0 Å². The van der Waals surface area contributed by atoms with Gasteiger partial charge in [0.15, 0.2) is 0 Å². The van der Waals surface area contributed by atoms with Crippen molar-refractivity contribution >= 4 is 34.0 Å². The van der Waals surface area contributed by atoms with E-state index in [1.165, 1.54) is 37.9 Å². The molecule has 1 fully saturated rings. The summed E-state index contributed by atoms with van der Waals surface area (Å²) >= 11 is 9.62. The largest absolute Gasteiger partial charge is 0.341 e. The van der Waals surface area contributed by atoms with Crippen molar-refractivity contribution in [2.45, 2.75) is 64.4 Å². The molecule has 0 aliphatic carbocycles. The molecule has 136 valence electrons. The molecule has 1 aromatic carbocycles. The molecule has 1 heterocycles. The Bertz CT molecular complexity index is 543. The molecule has 1 aliphatic rings. The zero-order valence-corrected chi connectivity index (χ0v) is 18.7. The summed E-state index contributed by atoms with van der Waals surface area (Å²) in [4.78, 5) is 2.55. The molecule has 0 aromatic heterocycles. The van der Waals surface area contributed by atoms with E-state index in [2.05, 4.69) is 72.8 Å². The van der Waals surface area contributed by atoms with Crippen LogP contribution in [-0.2, 0) is 16.3 Å². The van der Waals surface area contributed by atoms with Crippen LogP contribution in [0.3, 0.4) is 0 Å². The minimum atomic E-state index is -1.87. The zero-order chi connectivity index (χ0) is 17.7. The predicted octanol–water partition coefficient (Wildman–Crippen LogP) is 6.20. The predicted molar refractivity (Wildman–Crippen MR) is 113 cm³/mol. The third kappa shape index (κ3) is 5.38. The summed E-state index contributed by atoms with van der Waals surface area (Å²) < 4.78 is 7.87. The van der Waals surface area contributed by atoms with E-state index >= 15 is 0 Å². The van der Waals surface area contributed by atoms with Crippen molar-refractivity contribution in [2.75, 3.05) is 19.6 Å². The topological polar surface area (TPSA) is 12.5 Å². The van der Waals surface area contributed by atoms with Crippen LogP contribution in [-0.4, -0.2) is 35.9 Å². The Balaban J connectivity index is 2.24. The molecule has 0 bridgehead atoms. The summed E-state index contributed by atoms with van der Waals surface area (Å²) in [5, 5.41) is 0. The molecule has 1 aliphatic heterocycles. The van der Waals surface area contributed by atoms with Crippen LogP contribution < -0.4 is 0 Å². The molecule has 1 aromatic rings. The second kappa shape index (κ2) is 9.28. The lowest BCUT2D eigenvalue weighted by Crippen LogP contribution is -2.34. The average molecular weight is 432 g/mol. The summed E-state index contributed by atoms with van der Waals surface area (Å²) in [5.41, 5.74) is 2.07. The molecular weight excluding hydrogens is 401 g/mol. The van der Waals surface area contributed by atoms with Crippen LogP contribution in [0.25, 0.3) is 0 Å². The van der Waals surface area contributed by atoms with Gasteiger partial charge in [-0.25, -0.2) is 0 Å². The summed E-state index contributed by atoms with van der Waals surface area (Å²) in [6.45, 7) is 12.2. The standard InChI is InChI=1S/C19H31BrNOPS/c1-15(2)23(24,16(3)4)22-19(14-21-12-6-5-7-13-21)17-8-10-18(20)11-9-17/h8-11,15-16,19H,5-7,12-14H2,1-4H3. The van der Waals surface area contributed by atoms with E-state index in [0.717, 1.165) is 11.0 Å². The van der Waals surface area contributed by atoms with Crippen LogP contribution in [0.1, 0.15) is 58.6 Å². The van der Waals surface area contributed by atoms with E-state index in [1.54, 1.807) is 0 Å². The van der Waals surface area contributed by atoms with Crippen molar-refractivity contribution in [3.8, 4) is 0 Å². The van der Waals surface area contributed by atoms with Gasteiger partial charge < -0.3 is 9.42 Å². The Morgan fingerprint density at radius 1 is 1.04 bits per heavy atom. The van der Waals surface area contributed by atoms with Crippen molar-refractivity contribution in [3.63, 3.8) is 0 Å². The van der Waals surface area contributed by atoms with Crippen LogP contribution >= 0.6 is 22.2 Å². The highest BCUT2D eigenvalue weighted by atomic mass is 79.9. The molecule has 5 heteroatoms. The second-order valence-corrected chi connectivity index (χ2v) is 13.5. The molecular formula is C19H31BrNOPS. The van der Waals surface area contributed by atoms with Gasteiger partial charge in [0.05, 0.1) is 6.26 Å². The highest BCUT2D eigenvalue weighted by Gasteiger charge is 2.31. The van der Waals surface area contributed by atoms with Crippen LogP contribution in [0.15, 0.2) is 28.7 Å². The summed E-state index contributed by atoms with van der Waals surface area (Å²) in [6, 6.07) is 8.57. The van der Waals surface area contributed by atoms with Crippen molar-refractivity contribution in [1.82, 2.24) is 4.90 Å². The molecule has 1 saturated heterocycles. The van der Waals surface area contributed by atoms with E-state index in [1.807, 2.05) is 0 Å². The van der Waals surface area contributed by atoms with Gasteiger partial charge in [-0.2, -0.15) is 0 Å². The molecule has 2 nitrogen and oxygen atoms in total. The lowest BCUT2D eigenvalue weighted by atomic mass is 10.1. The zero-order valence-electron chi connectivity index (χ0n) is 15.4. The second-order valence-electron chi connectivity index (χ2n) is 7.34. The molecule has 0 spiro atoms. The molecule has 0 amide bonds. The van der Waals surface area contributed by atoms with Gasteiger partial charge in [0.1, 0.15) is 6.10 Å². The number of halogens is 1. The van der Waals surface area contributed by atoms with E-state index in [4.69, 9.17) is 16.3 Å². The van der Waals surface area contributed by atoms with Gasteiger partial charge in [-0.1, -0.05) is 74.0 Å². The molecule has 0 saturated carbocycles. The summed E-state index contributed by atoms with van der Waals surface area (Å²) in [5.74, 6) is 0. The number of benzene rings is 1. The normalized spacial score (nSPS) is 18.3. The fraction of sp³-hybridized carbons (Fsp3) is 0.684. The Labute approximate surface area is 161 Å². The minimum absolute atomic E-state index is 0.0758. The molecule has 1 unspecified atom stereocenters. The monoisotopic (exact) mass is 431 g/mol. The Kier molecular flexibility index (Phi) is 7.96. The first-order valence-electron chi connectivity index (χ1n) is 9.08. The van der Waals surface area contributed by atoms with Gasteiger partial charge in [0.2, 0.25) is 0 Å². The SMILES string of the molecule is CC(C)P(=S)(OC(CN1CCCCC1)c1ccc(Br)cc1)C(C)C. The molecule has 0 radical (unpaired) electrons. The van der Waals surface area contributed by atoms with Crippen LogP contribution in [0, 0.1) is 0 Å². The number of likely N-dealkylation sites (tertiary alicyclic amines) is 1. The van der Waals surface area contributed by atoms with Crippen LogP contribution in [0.5, 0.6) is 0 Å². The van der Waals surface area contributed by atoms with Crippen molar-refractivity contribution in [3.05, 3.63) is 34.3 Å². The van der Waals surface area contributed by atoms with Gasteiger partial charge in [0, 0.05) is 22.3 Å². The average Bonchev–Trinajstić information content (AvgIpc) is 2.55. The third-order valence-corrected chi connectivity index (χ3v) is 11.6. The maximum absolute atomic E-state index is 6.76. The third-order valence-electron chi connectivity index (χ3n) is 4.85. The molecule has 0 N–H and O–H groups in total. The number of nitrogens with zero attached hydrogens (tertiary/aromatic N) is 1. The van der Waals surface area contributed by atoms with E-state index < -0.39 is 6.26 Å². The van der Waals surface area contributed by atoms with Gasteiger partial charge in [-0.05, 0) is 43.6 Å². The first kappa shape index (κ1) is 20.6. The highest BCUT2D eigenvalue weighted by Crippen LogP contribution is 2.59. The van der Waals surface area contributed by atoms with Gasteiger partial charge >= 0.3 is 0 Å². The first-order valence-corrected chi connectivity index (χ1v) is 12.7. The highest BCUT2D eigenvalue weighted by molar-refractivity contribution is 9.10.